The van der Waals surface area contributed by atoms with Crippen molar-refractivity contribution in [3.63, 3.8) is 0 Å². The van der Waals surface area contributed by atoms with Crippen LogP contribution < -0.4 is 5.32 Å². The third-order valence-corrected chi connectivity index (χ3v) is 6.70. The molecule has 2 unspecified atom stereocenters. The van der Waals surface area contributed by atoms with E-state index in [4.69, 9.17) is 5.11 Å². The van der Waals surface area contributed by atoms with E-state index in [1.54, 1.807) is 6.92 Å². The molecular formula is C24H30N2O3S. The van der Waals surface area contributed by atoms with E-state index in [0.29, 0.717) is 12.5 Å². The Morgan fingerprint density at radius 3 is 2.37 bits per heavy atom. The molecule has 5 nitrogen and oxygen atoms in total. The van der Waals surface area contributed by atoms with Crippen molar-refractivity contribution in [1.29, 1.82) is 0 Å². The second kappa shape index (κ2) is 9.56. The maximum atomic E-state index is 12.9. The van der Waals surface area contributed by atoms with E-state index in [9.17, 15) is 9.59 Å². The minimum Gasteiger partial charge on any atom is -0.480 e. The Labute approximate surface area is 182 Å². The molecule has 1 aliphatic rings. The van der Waals surface area contributed by atoms with Gasteiger partial charge in [0, 0.05) is 23.2 Å². The predicted octanol–water partition coefficient (Wildman–Crippen LogP) is 5.40. The molecule has 0 radical (unpaired) electrons. The van der Waals surface area contributed by atoms with Crippen molar-refractivity contribution in [1.82, 2.24) is 4.90 Å². The van der Waals surface area contributed by atoms with Crippen molar-refractivity contribution in [3.8, 4) is 0 Å². The van der Waals surface area contributed by atoms with E-state index < -0.39 is 11.2 Å². The number of amides is 2. The summed E-state index contributed by atoms with van der Waals surface area (Å²) in [6.07, 6.45) is 1.61. The van der Waals surface area contributed by atoms with Crippen LogP contribution in [0.4, 0.5) is 10.5 Å². The number of hydrogen-bond donors (Lipinski definition) is 2. The zero-order valence-corrected chi connectivity index (χ0v) is 18.8. The highest BCUT2D eigenvalue weighted by molar-refractivity contribution is 8.00. The van der Waals surface area contributed by atoms with Crippen molar-refractivity contribution in [2.24, 2.45) is 0 Å². The van der Waals surface area contributed by atoms with Gasteiger partial charge < -0.3 is 15.3 Å². The highest BCUT2D eigenvalue weighted by Crippen LogP contribution is 2.32. The van der Waals surface area contributed by atoms with Gasteiger partial charge in [0.1, 0.15) is 5.25 Å². The molecule has 0 saturated heterocycles. The second-order valence-electron chi connectivity index (χ2n) is 8.08. The Balaban J connectivity index is 1.66. The quantitative estimate of drug-likeness (QED) is 0.582. The van der Waals surface area contributed by atoms with E-state index in [1.807, 2.05) is 30.0 Å². The van der Waals surface area contributed by atoms with Gasteiger partial charge in [-0.3, -0.25) is 4.79 Å². The summed E-state index contributed by atoms with van der Waals surface area (Å²) >= 11 is 1.35. The summed E-state index contributed by atoms with van der Waals surface area (Å²) in [6, 6.07) is 14.2. The molecule has 0 bridgehead atoms. The van der Waals surface area contributed by atoms with Gasteiger partial charge >= 0.3 is 12.0 Å². The van der Waals surface area contributed by atoms with Crippen molar-refractivity contribution >= 4 is 29.4 Å². The molecule has 3 rings (SSSR count). The molecule has 2 aromatic carbocycles. The standard InChI is InChI=1S/C24H30N2O3S/c1-5-26(24(29)25-20-9-6-17(7-10-20)15(2)3)21-12-18-8-11-22(14-19(18)13-21)30-16(4)23(27)28/h6-11,14-16,21H,5,12-13H2,1-4H3,(H,25,29)(H,27,28). The Bertz CT molecular complexity index is 911. The lowest BCUT2D eigenvalue weighted by Gasteiger charge is -2.28. The maximum Gasteiger partial charge on any atom is 0.322 e. The number of urea groups is 1. The van der Waals surface area contributed by atoms with Gasteiger partial charge in [0.15, 0.2) is 0 Å². The van der Waals surface area contributed by atoms with Crippen LogP contribution in [0.2, 0.25) is 0 Å². The summed E-state index contributed by atoms with van der Waals surface area (Å²) in [7, 11) is 0. The normalized spacial score (nSPS) is 16.2. The summed E-state index contributed by atoms with van der Waals surface area (Å²) in [4.78, 5) is 26.9. The smallest absolute Gasteiger partial charge is 0.322 e. The van der Waals surface area contributed by atoms with Crippen molar-refractivity contribution < 1.29 is 14.7 Å². The number of likely N-dealkylation sites (N-methyl/N-ethyl adjacent to an activating group) is 1. The molecule has 160 valence electrons. The van der Waals surface area contributed by atoms with Gasteiger partial charge in [0.2, 0.25) is 0 Å². The Morgan fingerprint density at radius 1 is 1.10 bits per heavy atom. The van der Waals surface area contributed by atoms with Gasteiger partial charge in [0.25, 0.3) is 0 Å². The number of nitrogens with one attached hydrogen (secondary N) is 1. The largest absolute Gasteiger partial charge is 0.480 e. The topological polar surface area (TPSA) is 69.6 Å². The first-order valence-corrected chi connectivity index (χ1v) is 11.3. The summed E-state index contributed by atoms with van der Waals surface area (Å²) in [5.74, 6) is -0.353. The lowest BCUT2D eigenvalue weighted by atomic mass is 10.0. The van der Waals surface area contributed by atoms with Crippen LogP contribution in [0, 0.1) is 0 Å². The van der Waals surface area contributed by atoms with E-state index in [0.717, 1.165) is 23.4 Å². The molecule has 0 saturated carbocycles. The van der Waals surface area contributed by atoms with Gasteiger partial charge in [-0.15, -0.1) is 11.8 Å². The highest BCUT2D eigenvalue weighted by Gasteiger charge is 2.29. The van der Waals surface area contributed by atoms with Crippen LogP contribution in [-0.4, -0.2) is 39.8 Å². The van der Waals surface area contributed by atoms with Gasteiger partial charge in [-0.1, -0.05) is 32.0 Å². The minimum atomic E-state index is -0.811. The predicted molar refractivity (Wildman–Crippen MR) is 123 cm³/mol. The van der Waals surface area contributed by atoms with Gasteiger partial charge in [0.05, 0.1) is 0 Å². The summed E-state index contributed by atoms with van der Waals surface area (Å²) in [5, 5.41) is 11.7. The summed E-state index contributed by atoms with van der Waals surface area (Å²) in [6.45, 7) is 8.62. The number of carbonyl (C=O) groups excluding carboxylic acids is 1. The van der Waals surface area contributed by atoms with Crippen molar-refractivity contribution in [2.75, 3.05) is 11.9 Å². The number of nitrogens with zero attached hydrogens (tertiary/aromatic N) is 1. The SMILES string of the molecule is CCN(C(=O)Nc1ccc(C(C)C)cc1)C1Cc2ccc(SC(C)C(=O)O)cc2C1. The molecule has 0 aliphatic heterocycles. The zero-order valence-electron chi connectivity index (χ0n) is 18.0. The van der Waals surface area contributed by atoms with E-state index >= 15 is 0 Å². The molecule has 30 heavy (non-hydrogen) atoms. The lowest BCUT2D eigenvalue weighted by molar-refractivity contribution is -0.136. The fourth-order valence-electron chi connectivity index (χ4n) is 3.83. The van der Waals surface area contributed by atoms with Gasteiger partial charge in [-0.2, -0.15) is 0 Å². The molecule has 2 amide bonds. The average Bonchev–Trinajstić information content (AvgIpc) is 3.11. The molecule has 2 N–H and O–H groups in total. The van der Waals surface area contributed by atoms with Crippen LogP contribution in [0.5, 0.6) is 0 Å². The number of carboxylic acid groups (broad SMARTS) is 1. The van der Waals surface area contributed by atoms with Crippen LogP contribution in [0.3, 0.4) is 0 Å². The summed E-state index contributed by atoms with van der Waals surface area (Å²) < 4.78 is 0. The zero-order chi connectivity index (χ0) is 21.8. The van der Waals surface area contributed by atoms with E-state index in [-0.39, 0.29) is 12.1 Å². The number of fused-ring (bicyclic) bond motifs is 1. The van der Waals surface area contributed by atoms with E-state index in [2.05, 4.69) is 43.4 Å². The Morgan fingerprint density at radius 2 is 1.77 bits per heavy atom. The molecule has 6 heteroatoms. The first-order valence-electron chi connectivity index (χ1n) is 10.5. The number of carboxylic acids is 1. The van der Waals surface area contributed by atoms with Crippen LogP contribution in [-0.2, 0) is 17.6 Å². The maximum absolute atomic E-state index is 12.9. The monoisotopic (exact) mass is 426 g/mol. The molecule has 0 spiro atoms. The van der Waals surface area contributed by atoms with Gasteiger partial charge in [-0.05, 0) is 73.6 Å². The third kappa shape index (κ3) is 5.17. The molecule has 0 aromatic heterocycles. The molecule has 1 aliphatic carbocycles. The average molecular weight is 427 g/mol. The van der Waals surface area contributed by atoms with Crippen LogP contribution >= 0.6 is 11.8 Å². The first-order chi connectivity index (χ1) is 14.3. The fraction of sp³-hybridized carbons (Fsp3) is 0.417. The number of benzene rings is 2. The molecular weight excluding hydrogens is 396 g/mol. The number of carbonyl (C=O) groups is 2. The molecule has 2 aromatic rings. The molecule has 0 fully saturated rings. The van der Waals surface area contributed by atoms with Crippen molar-refractivity contribution in [3.05, 3.63) is 59.2 Å². The third-order valence-electron chi connectivity index (χ3n) is 5.62. The van der Waals surface area contributed by atoms with Crippen molar-refractivity contribution in [2.45, 2.75) is 62.6 Å². The Hall–Kier alpha value is -2.47. The lowest BCUT2D eigenvalue weighted by Crippen LogP contribution is -2.43. The van der Waals surface area contributed by atoms with Crippen LogP contribution in [0.25, 0.3) is 0 Å². The number of thioether (sulfide) groups is 1. The second-order valence-corrected chi connectivity index (χ2v) is 9.50. The number of anilines is 1. The first kappa shape index (κ1) is 22.2. The number of rotatable bonds is 7. The molecule has 0 heterocycles. The minimum absolute atomic E-state index is 0.0818. The number of aliphatic carboxylic acids is 1. The highest BCUT2D eigenvalue weighted by atomic mass is 32.2. The molecule has 2 atom stereocenters. The number of hydrogen-bond acceptors (Lipinski definition) is 3. The summed E-state index contributed by atoms with van der Waals surface area (Å²) in [5.41, 5.74) is 4.49. The van der Waals surface area contributed by atoms with Gasteiger partial charge in [-0.25, -0.2) is 4.79 Å². The van der Waals surface area contributed by atoms with Crippen LogP contribution in [0.1, 0.15) is 50.3 Å². The Kier molecular flexibility index (Phi) is 7.08. The van der Waals surface area contributed by atoms with E-state index in [1.165, 1.54) is 28.5 Å². The van der Waals surface area contributed by atoms with Crippen LogP contribution in [0.15, 0.2) is 47.4 Å². The fourth-order valence-corrected chi connectivity index (χ4v) is 4.70.